The molecule has 0 radical (unpaired) electrons. The third-order valence-electron chi connectivity index (χ3n) is 5.07. The molecule has 2 aromatic carbocycles. The molecule has 2 aliphatic heterocycles. The number of carbonyl (C=O) groups excluding carboxylic acids is 1. The molecule has 25 heavy (non-hydrogen) atoms. The first-order valence-electron chi connectivity index (χ1n) is 8.66. The van der Waals surface area contributed by atoms with Crippen LogP contribution in [0.4, 0.5) is 4.39 Å². The Kier molecular flexibility index (Phi) is 4.77. The van der Waals surface area contributed by atoms with Crippen molar-refractivity contribution >= 4 is 17.7 Å². The van der Waals surface area contributed by atoms with Crippen LogP contribution in [0, 0.1) is 5.82 Å². The fraction of sp³-hybridized carbons (Fsp3) is 0.350. The number of hydrogen-bond donors (Lipinski definition) is 0. The van der Waals surface area contributed by atoms with Crippen LogP contribution in [0.2, 0.25) is 0 Å². The van der Waals surface area contributed by atoms with E-state index in [1.54, 1.807) is 12.1 Å². The summed E-state index contributed by atoms with van der Waals surface area (Å²) in [5, 5.41) is 0. The average Bonchev–Trinajstić information content (AvgIpc) is 2.60. The predicted octanol–water partition coefficient (Wildman–Crippen LogP) is 3.19. The second-order valence-electron chi connectivity index (χ2n) is 6.68. The molecule has 2 heterocycles. The van der Waals surface area contributed by atoms with Crippen molar-refractivity contribution in [1.29, 1.82) is 0 Å². The van der Waals surface area contributed by atoms with Crippen LogP contribution in [-0.4, -0.2) is 47.1 Å². The summed E-state index contributed by atoms with van der Waals surface area (Å²) in [6, 6.07) is 15.4. The van der Waals surface area contributed by atoms with Gasteiger partial charge in [0.1, 0.15) is 5.82 Å². The van der Waals surface area contributed by atoms with Gasteiger partial charge in [-0.05, 0) is 41.8 Å². The van der Waals surface area contributed by atoms with Gasteiger partial charge in [-0.2, -0.15) is 0 Å². The van der Waals surface area contributed by atoms with Crippen LogP contribution in [-0.2, 0) is 17.8 Å². The molecule has 0 bridgehead atoms. The first-order chi connectivity index (χ1) is 12.2. The quantitative estimate of drug-likeness (QED) is 0.786. The fourth-order valence-corrected chi connectivity index (χ4v) is 4.29. The number of likely N-dealkylation sites (tertiary alicyclic amines) is 1. The summed E-state index contributed by atoms with van der Waals surface area (Å²) < 4.78 is 12.9. The zero-order chi connectivity index (χ0) is 17.2. The summed E-state index contributed by atoms with van der Waals surface area (Å²) in [5.74, 6) is 0.341. The summed E-state index contributed by atoms with van der Waals surface area (Å²) in [4.78, 5) is 17.7. The Balaban J connectivity index is 1.25. The molecule has 0 atom stereocenters. The van der Waals surface area contributed by atoms with Crippen LogP contribution >= 0.6 is 11.8 Å². The SMILES string of the molecule is O=C(CSc1ccc(F)cc1)N1CC(N2CCc3ccccc3C2)C1. The van der Waals surface area contributed by atoms with Gasteiger partial charge in [0.2, 0.25) is 5.91 Å². The third-order valence-corrected chi connectivity index (χ3v) is 6.06. The van der Waals surface area contributed by atoms with E-state index in [-0.39, 0.29) is 11.7 Å². The Bertz CT molecular complexity index is 759. The number of rotatable bonds is 4. The van der Waals surface area contributed by atoms with E-state index in [0.29, 0.717) is 11.8 Å². The van der Waals surface area contributed by atoms with Gasteiger partial charge in [-0.3, -0.25) is 9.69 Å². The molecule has 0 unspecified atom stereocenters. The summed E-state index contributed by atoms with van der Waals surface area (Å²) in [6.07, 6.45) is 1.10. The highest BCUT2D eigenvalue weighted by molar-refractivity contribution is 8.00. The summed E-state index contributed by atoms with van der Waals surface area (Å²) in [6.45, 7) is 3.72. The number of carbonyl (C=O) groups is 1. The maximum absolute atomic E-state index is 12.9. The zero-order valence-electron chi connectivity index (χ0n) is 14.0. The van der Waals surface area contributed by atoms with Crippen LogP contribution < -0.4 is 0 Å². The second kappa shape index (κ2) is 7.18. The molecular weight excluding hydrogens is 335 g/mol. The van der Waals surface area contributed by atoms with E-state index < -0.39 is 0 Å². The molecule has 4 rings (SSSR count). The Morgan fingerprint density at radius 3 is 2.56 bits per heavy atom. The number of benzene rings is 2. The van der Waals surface area contributed by atoms with Crippen molar-refractivity contribution in [2.24, 2.45) is 0 Å². The number of fused-ring (bicyclic) bond motifs is 1. The highest BCUT2D eigenvalue weighted by atomic mass is 32.2. The van der Waals surface area contributed by atoms with E-state index >= 15 is 0 Å². The smallest absolute Gasteiger partial charge is 0.233 e. The van der Waals surface area contributed by atoms with Crippen molar-refractivity contribution in [3.8, 4) is 0 Å². The van der Waals surface area contributed by atoms with E-state index in [4.69, 9.17) is 0 Å². The third kappa shape index (κ3) is 3.72. The molecule has 1 fully saturated rings. The standard InChI is InChI=1S/C20H21FN2OS/c21-17-5-7-19(8-6-17)25-14-20(24)23-12-18(13-23)22-10-9-15-3-1-2-4-16(15)11-22/h1-8,18H,9-14H2. The van der Waals surface area contributed by atoms with E-state index in [1.165, 1.54) is 35.0 Å². The molecule has 0 aliphatic carbocycles. The van der Waals surface area contributed by atoms with Crippen LogP contribution in [0.1, 0.15) is 11.1 Å². The first kappa shape index (κ1) is 16.6. The lowest BCUT2D eigenvalue weighted by molar-refractivity contribution is -0.136. The Morgan fingerprint density at radius 2 is 1.80 bits per heavy atom. The monoisotopic (exact) mass is 356 g/mol. The lowest BCUT2D eigenvalue weighted by Gasteiger charge is -2.47. The highest BCUT2D eigenvalue weighted by Gasteiger charge is 2.35. The zero-order valence-corrected chi connectivity index (χ0v) is 14.8. The van der Waals surface area contributed by atoms with Gasteiger partial charge in [-0.15, -0.1) is 11.8 Å². The minimum absolute atomic E-state index is 0.169. The van der Waals surface area contributed by atoms with Gasteiger partial charge in [-0.1, -0.05) is 24.3 Å². The number of hydrogen-bond acceptors (Lipinski definition) is 3. The van der Waals surface area contributed by atoms with Gasteiger partial charge in [0.05, 0.1) is 5.75 Å². The van der Waals surface area contributed by atoms with Crippen LogP contribution in [0.3, 0.4) is 0 Å². The summed E-state index contributed by atoms with van der Waals surface area (Å²) in [7, 11) is 0. The fourth-order valence-electron chi connectivity index (χ4n) is 3.49. The second-order valence-corrected chi connectivity index (χ2v) is 7.73. The van der Waals surface area contributed by atoms with E-state index in [0.717, 1.165) is 37.5 Å². The summed E-state index contributed by atoms with van der Waals surface area (Å²) in [5.41, 5.74) is 2.88. The lowest BCUT2D eigenvalue weighted by atomic mass is 9.96. The van der Waals surface area contributed by atoms with E-state index in [1.807, 2.05) is 4.90 Å². The van der Waals surface area contributed by atoms with Crippen molar-refractivity contribution in [2.75, 3.05) is 25.4 Å². The van der Waals surface area contributed by atoms with Crippen molar-refractivity contribution < 1.29 is 9.18 Å². The van der Waals surface area contributed by atoms with Gasteiger partial charge in [0, 0.05) is 37.1 Å². The molecule has 1 amide bonds. The Hall–Kier alpha value is -1.85. The molecule has 5 heteroatoms. The molecule has 130 valence electrons. The number of halogens is 1. The van der Waals surface area contributed by atoms with Gasteiger partial charge < -0.3 is 4.90 Å². The molecule has 3 nitrogen and oxygen atoms in total. The maximum atomic E-state index is 12.9. The minimum Gasteiger partial charge on any atom is -0.339 e. The van der Waals surface area contributed by atoms with E-state index in [2.05, 4.69) is 29.2 Å². The van der Waals surface area contributed by atoms with Gasteiger partial charge in [0.25, 0.3) is 0 Å². The molecular formula is C20H21FN2OS. The van der Waals surface area contributed by atoms with Gasteiger partial charge >= 0.3 is 0 Å². The molecule has 0 saturated carbocycles. The van der Waals surface area contributed by atoms with Crippen molar-refractivity contribution in [2.45, 2.75) is 23.9 Å². The molecule has 2 aromatic rings. The maximum Gasteiger partial charge on any atom is 0.233 e. The lowest BCUT2D eigenvalue weighted by Crippen LogP contribution is -2.62. The topological polar surface area (TPSA) is 23.6 Å². The van der Waals surface area contributed by atoms with Gasteiger partial charge in [-0.25, -0.2) is 4.39 Å². The molecule has 0 spiro atoms. The van der Waals surface area contributed by atoms with Crippen LogP contribution in [0.5, 0.6) is 0 Å². The van der Waals surface area contributed by atoms with E-state index in [9.17, 15) is 9.18 Å². The number of nitrogens with zero attached hydrogens (tertiary/aromatic N) is 2. The highest BCUT2D eigenvalue weighted by Crippen LogP contribution is 2.25. The predicted molar refractivity (Wildman–Crippen MR) is 98.0 cm³/mol. The van der Waals surface area contributed by atoms with Crippen molar-refractivity contribution in [1.82, 2.24) is 9.80 Å². The molecule has 2 aliphatic rings. The average molecular weight is 356 g/mol. The van der Waals surface area contributed by atoms with Crippen molar-refractivity contribution in [3.63, 3.8) is 0 Å². The van der Waals surface area contributed by atoms with Crippen molar-refractivity contribution in [3.05, 3.63) is 65.5 Å². The largest absolute Gasteiger partial charge is 0.339 e. The van der Waals surface area contributed by atoms with Crippen LogP contribution in [0.15, 0.2) is 53.4 Å². The Labute approximate surface area is 151 Å². The van der Waals surface area contributed by atoms with Crippen LogP contribution in [0.25, 0.3) is 0 Å². The number of amides is 1. The first-order valence-corrected chi connectivity index (χ1v) is 9.64. The molecule has 1 saturated heterocycles. The summed E-state index contributed by atoms with van der Waals surface area (Å²) >= 11 is 1.47. The number of thioether (sulfide) groups is 1. The molecule has 0 N–H and O–H groups in total. The molecule has 0 aromatic heterocycles. The normalized spacial score (nSPS) is 17.9. The Morgan fingerprint density at radius 1 is 1.08 bits per heavy atom. The minimum atomic E-state index is -0.246. The van der Waals surface area contributed by atoms with Gasteiger partial charge in [0.15, 0.2) is 0 Å².